The van der Waals surface area contributed by atoms with E-state index in [0.29, 0.717) is 37.4 Å². The predicted molar refractivity (Wildman–Crippen MR) is 151 cm³/mol. The van der Waals surface area contributed by atoms with Crippen LogP contribution in [-0.4, -0.2) is 72.8 Å². The average molecular weight is 592 g/mol. The third kappa shape index (κ3) is 7.65. The second kappa shape index (κ2) is 12.7. The minimum Gasteiger partial charge on any atom is -0.394 e. The molecule has 0 bridgehead atoms. The van der Waals surface area contributed by atoms with Gasteiger partial charge in [0.1, 0.15) is 5.82 Å². The van der Waals surface area contributed by atoms with Gasteiger partial charge < -0.3 is 36.8 Å². The van der Waals surface area contributed by atoms with Crippen molar-refractivity contribution in [3.8, 4) is 0 Å². The molecule has 13 heteroatoms. The number of likely N-dealkylation sites (N-methyl/N-ethyl adjacent to an activating group) is 1. The molecule has 1 saturated heterocycles. The zero-order valence-corrected chi connectivity index (χ0v) is 23.4. The van der Waals surface area contributed by atoms with Crippen molar-refractivity contribution in [2.45, 2.75) is 19.1 Å². The number of halogens is 4. The van der Waals surface area contributed by atoms with Crippen LogP contribution in [0.4, 0.5) is 18.9 Å². The Kier molecular flexibility index (Phi) is 9.34. The normalized spacial score (nSPS) is 17.2. The smallest absolute Gasteiger partial charge is 0.394 e. The van der Waals surface area contributed by atoms with E-state index in [9.17, 15) is 22.8 Å². The topological polar surface area (TPSA) is 120 Å². The molecule has 2 aromatic rings. The molecule has 0 atom stereocenters. The van der Waals surface area contributed by atoms with Gasteiger partial charge in [-0.1, -0.05) is 17.7 Å². The molecule has 1 fully saturated rings. The van der Waals surface area contributed by atoms with Crippen LogP contribution in [0.5, 0.6) is 0 Å². The van der Waals surface area contributed by atoms with E-state index in [0.717, 1.165) is 25.6 Å². The summed E-state index contributed by atoms with van der Waals surface area (Å²) in [6.45, 7) is 3.49. The summed E-state index contributed by atoms with van der Waals surface area (Å²) in [7, 11) is 2.02. The quantitative estimate of drug-likeness (QED) is 0.381. The number of nitrogens with zero attached hydrogens (tertiary/aromatic N) is 3. The van der Waals surface area contributed by atoms with Gasteiger partial charge in [0.25, 0.3) is 11.8 Å². The molecule has 2 aliphatic rings. The lowest BCUT2D eigenvalue weighted by Crippen LogP contribution is -2.41. The molecule has 0 radical (unpaired) electrons. The summed E-state index contributed by atoms with van der Waals surface area (Å²) < 4.78 is 40.9. The lowest BCUT2D eigenvalue weighted by molar-refractivity contribution is -0.138. The molecule has 2 amide bonds. The number of benzene rings is 2. The molecule has 2 heterocycles. The molecule has 0 unspecified atom stereocenters. The third-order valence-electron chi connectivity index (χ3n) is 6.98. The zero-order chi connectivity index (χ0) is 29.7. The first kappa shape index (κ1) is 30.1. The van der Waals surface area contributed by atoms with Gasteiger partial charge >= 0.3 is 6.18 Å². The van der Waals surface area contributed by atoms with Crippen LogP contribution in [0, 0.1) is 0 Å². The van der Waals surface area contributed by atoms with E-state index < -0.39 is 17.6 Å². The van der Waals surface area contributed by atoms with Crippen LogP contribution in [0.25, 0.3) is 0 Å². The Labute approximate surface area is 241 Å². The van der Waals surface area contributed by atoms with Gasteiger partial charge in [-0.15, -0.1) is 0 Å². The lowest BCUT2D eigenvalue weighted by atomic mass is 10.1. The molecule has 0 aromatic heterocycles. The van der Waals surface area contributed by atoms with Crippen LogP contribution in [0.15, 0.2) is 65.8 Å². The number of carbonyl (C=O) groups is 2. The molecular formula is C28H33ClF3N7O2. The highest BCUT2D eigenvalue weighted by atomic mass is 35.5. The summed E-state index contributed by atoms with van der Waals surface area (Å²) >= 11 is 5.99. The van der Waals surface area contributed by atoms with E-state index in [-0.39, 0.29) is 40.3 Å². The Morgan fingerprint density at radius 1 is 1.10 bits per heavy atom. The second-order valence-electron chi connectivity index (χ2n) is 10.0. The number of amides is 2. The first-order valence-corrected chi connectivity index (χ1v) is 13.5. The van der Waals surface area contributed by atoms with Gasteiger partial charge in [-0.25, -0.2) is 0 Å². The summed E-state index contributed by atoms with van der Waals surface area (Å²) in [4.78, 5) is 31.6. The van der Waals surface area contributed by atoms with E-state index in [2.05, 4.69) is 15.5 Å². The Balaban J connectivity index is 1.50. The number of alkyl halides is 3. The summed E-state index contributed by atoms with van der Waals surface area (Å²) in [6.07, 6.45) is -2.38. The van der Waals surface area contributed by atoms with Crippen LogP contribution in [0.1, 0.15) is 27.9 Å². The fourth-order valence-electron chi connectivity index (χ4n) is 4.79. The largest absolute Gasteiger partial charge is 0.416 e. The lowest BCUT2D eigenvalue weighted by Gasteiger charge is -2.33. The molecule has 2 aromatic carbocycles. The van der Waals surface area contributed by atoms with Crippen molar-refractivity contribution in [3.63, 3.8) is 0 Å². The Morgan fingerprint density at radius 2 is 1.88 bits per heavy atom. The molecular weight excluding hydrogens is 559 g/mol. The molecule has 41 heavy (non-hydrogen) atoms. The fourth-order valence-corrected chi connectivity index (χ4v) is 4.99. The zero-order valence-electron chi connectivity index (χ0n) is 22.6. The van der Waals surface area contributed by atoms with E-state index in [1.807, 2.05) is 7.05 Å². The van der Waals surface area contributed by atoms with Crippen molar-refractivity contribution in [2.75, 3.05) is 51.6 Å². The predicted octanol–water partition coefficient (Wildman–Crippen LogP) is 3.15. The number of nitrogens with two attached hydrogens (primary N) is 2. The molecule has 0 saturated carbocycles. The van der Waals surface area contributed by atoms with Gasteiger partial charge in [-0.2, -0.15) is 13.2 Å². The van der Waals surface area contributed by atoms with Crippen molar-refractivity contribution in [1.82, 2.24) is 20.0 Å². The van der Waals surface area contributed by atoms with Gasteiger partial charge in [-0.3, -0.25) is 9.59 Å². The highest BCUT2D eigenvalue weighted by Crippen LogP contribution is 2.34. The maximum atomic E-state index is 13.6. The van der Waals surface area contributed by atoms with Crippen LogP contribution in [-0.2, 0) is 17.5 Å². The minimum absolute atomic E-state index is 0.0360. The Bertz CT molecular complexity index is 1360. The minimum atomic E-state index is -4.57. The SMILES string of the molecule is CN1CCCN(C(=O)c2cccc(NC(=O)/C(N)=C/C3=C(N)NCCN3Cc3cc(Cl)ccc3C(F)(F)F)c2)CC1. The van der Waals surface area contributed by atoms with Gasteiger partial charge in [0, 0.05) is 55.5 Å². The highest BCUT2D eigenvalue weighted by molar-refractivity contribution is 6.30. The molecule has 0 aliphatic carbocycles. The number of nitrogens with one attached hydrogen (secondary N) is 2. The van der Waals surface area contributed by atoms with Crippen LogP contribution < -0.4 is 22.1 Å². The maximum Gasteiger partial charge on any atom is 0.416 e. The second-order valence-corrected chi connectivity index (χ2v) is 10.5. The summed E-state index contributed by atoms with van der Waals surface area (Å²) in [5.74, 6) is -0.616. The number of hydrogen-bond donors (Lipinski definition) is 4. The molecule has 220 valence electrons. The number of allylic oxidation sites excluding steroid dienone is 1. The first-order valence-electron chi connectivity index (χ1n) is 13.1. The van der Waals surface area contributed by atoms with Gasteiger partial charge in [-0.05, 0) is 68.1 Å². The third-order valence-corrected chi connectivity index (χ3v) is 7.21. The van der Waals surface area contributed by atoms with Gasteiger partial charge in [0.05, 0.1) is 17.0 Å². The van der Waals surface area contributed by atoms with Gasteiger partial charge in [0.2, 0.25) is 0 Å². The molecule has 2 aliphatic heterocycles. The Hall–Kier alpha value is -3.90. The van der Waals surface area contributed by atoms with E-state index in [1.165, 1.54) is 18.2 Å². The molecule has 9 nitrogen and oxygen atoms in total. The fraction of sp³-hybridized carbons (Fsp3) is 0.357. The van der Waals surface area contributed by atoms with Crippen molar-refractivity contribution in [3.05, 3.63) is 87.5 Å². The van der Waals surface area contributed by atoms with Crippen molar-refractivity contribution in [1.29, 1.82) is 0 Å². The first-order chi connectivity index (χ1) is 19.4. The van der Waals surface area contributed by atoms with Crippen molar-refractivity contribution >= 4 is 29.1 Å². The maximum absolute atomic E-state index is 13.6. The van der Waals surface area contributed by atoms with Crippen LogP contribution in [0.3, 0.4) is 0 Å². The summed E-state index contributed by atoms with van der Waals surface area (Å²) in [6, 6.07) is 9.97. The number of hydrogen-bond acceptors (Lipinski definition) is 7. The number of carbonyl (C=O) groups excluding carboxylic acids is 2. The van der Waals surface area contributed by atoms with E-state index in [1.54, 1.807) is 34.1 Å². The summed E-state index contributed by atoms with van der Waals surface area (Å²) in [5, 5.41) is 5.80. The van der Waals surface area contributed by atoms with Crippen molar-refractivity contribution in [2.24, 2.45) is 11.5 Å². The van der Waals surface area contributed by atoms with Crippen LogP contribution >= 0.6 is 11.6 Å². The monoisotopic (exact) mass is 591 g/mol. The van der Waals surface area contributed by atoms with E-state index in [4.69, 9.17) is 23.1 Å². The average Bonchev–Trinajstić information content (AvgIpc) is 3.14. The van der Waals surface area contributed by atoms with Crippen LogP contribution in [0.2, 0.25) is 5.02 Å². The molecule has 0 spiro atoms. The van der Waals surface area contributed by atoms with Crippen molar-refractivity contribution < 1.29 is 22.8 Å². The van der Waals surface area contributed by atoms with E-state index >= 15 is 0 Å². The molecule has 4 rings (SSSR count). The number of rotatable bonds is 6. The summed E-state index contributed by atoms with van der Waals surface area (Å²) in [5.41, 5.74) is 12.2. The number of anilines is 1. The highest BCUT2D eigenvalue weighted by Gasteiger charge is 2.34. The standard InChI is InChI=1S/C28H33ClF3N7O2/c1-37-9-3-10-38(13-12-37)27(41)18-4-2-5-21(15-18)36-26(40)23(33)16-24-25(34)35-8-11-39(24)17-19-14-20(29)6-7-22(19)28(30,31)32/h2,4-7,14-16,35H,3,8-13,17,33-34H2,1H3,(H,36,40)/b23-16-. The van der Waals surface area contributed by atoms with Gasteiger partial charge in [0.15, 0.2) is 0 Å². The molecule has 6 N–H and O–H groups in total. The Morgan fingerprint density at radius 3 is 2.63 bits per heavy atom.